The molecule has 0 saturated carbocycles. The average Bonchev–Trinajstić information content (AvgIpc) is 2.97. The lowest BCUT2D eigenvalue weighted by Gasteiger charge is -2.19. The van der Waals surface area contributed by atoms with E-state index in [0.29, 0.717) is 6.04 Å². The molecule has 1 aliphatic heterocycles. The quantitative estimate of drug-likeness (QED) is 0.919. The van der Waals surface area contributed by atoms with Crippen LogP contribution in [0.4, 0.5) is 0 Å². The number of thioether (sulfide) groups is 1. The first-order chi connectivity index (χ1) is 8.75. The van der Waals surface area contributed by atoms with Crippen molar-refractivity contribution >= 4 is 11.8 Å². The first-order valence-corrected chi connectivity index (χ1v) is 7.06. The summed E-state index contributed by atoms with van der Waals surface area (Å²) in [4.78, 5) is 1.39. The zero-order valence-corrected chi connectivity index (χ0v) is 11.3. The van der Waals surface area contributed by atoms with Crippen molar-refractivity contribution in [2.24, 2.45) is 7.05 Å². The maximum Gasteiger partial charge on any atom is 0.149 e. The maximum absolute atomic E-state index is 4.16. The van der Waals surface area contributed by atoms with Gasteiger partial charge in [-0.05, 0) is 18.6 Å². The molecule has 1 aromatic carbocycles. The highest BCUT2D eigenvalue weighted by Gasteiger charge is 2.25. The van der Waals surface area contributed by atoms with Crippen LogP contribution in [0, 0.1) is 0 Å². The average molecular weight is 260 g/mol. The second-order valence-electron chi connectivity index (χ2n) is 4.59. The zero-order valence-electron chi connectivity index (χ0n) is 10.5. The van der Waals surface area contributed by atoms with Crippen molar-refractivity contribution in [2.75, 3.05) is 5.75 Å². The van der Waals surface area contributed by atoms with Gasteiger partial charge in [0.1, 0.15) is 12.2 Å². The summed E-state index contributed by atoms with van der Waals surface area (Å²) < 4.78 is 1.96. The van der Waals surface area contributed by atoms with Gasteiger partial charge in [0.25, 0.3) is 0 Å². The highest BCUT2D eigenvalue weighted by atomic mass is 32.2. The molecule has 2 heterocycles. The Morgan fingerprint density at radius 3 is 3.06 bits per heavy atom. The Labute approximate surface area is 111 Å². The van der Waals surface area contributed by atoms with Gasteiger partial charge in [-0.2, -0.15) is 0 Å². The Bertz CT molecular complexity index is 551. The van der Waals surface area contributed by atoms with Crippen LogP contribution in [-0.4, -0.2) is 20.5 Å². The number of rotatable bonds is 3. The predicted molar refractivity (Wildman–Crippen MR) is 72.5 cm³/mol. The first-order valence-electron chi connectivity index (χ1n) is 6.07. The predicted octanol–water partition coefficient (Wildman–Crippen LogP) is 2.31. The molecule has 4 nitrogen and oxygen atoms in total. The Morgan fingerprint density at radius 2 is 2.28 bits per heavy atom. The van der Waals surface area contributed by atoms with Crippen molar-refractivity contribution in [3.8, 4) is 0 Å². The molecule has 3 rings (SSSR count). The number of nitrogens with one attached hydrogen (secondary N) is 1. The zero-order chi connectivity index (χ0) is 12.5. The number of hydrogen-bond acceptors (Lipinski definition) is 4. The molecule has 1 aromatic heterocycles. The van der Waals surface area contributed by atoms with Gasteiger partial charge in [-0.1, -0.05) is 18.2 Å². The number of aryl methyl sites for hydroxylation is 1. The summed E-state index contributed by atoms with van der Waals surface area (Å²) in [6.45, 7) is 2.13. The van der Waals surface area contributed by atoms with Crippen molar-refractivity contribution < 1.29 is 0 Å². The van der Waals surface area contributed by atoms with Crippen LogP contribution in [-0.2, 0) is 7.05 Å². The van der Waals surface area contributed by atoms with Gasteiger partial charge in [0.2, 0.25) is 0 Å². The molecule has 0 amide bonds. The third-order valence-electron chi connectivity index (χ3n) is 3.28. The fourth-order valence-corrected chi connectivity index (χ4v) is 3.53. The molecule has 0 aliphatic carbocycles. The Hall–Kier alpha value is -1.33. The number of aromatic nitrogens is 3. The summed E-state index contributed by atoms with van der Waals surface area (Å²) in [5.74, 6) is 2.06. The van der Waals surface area contributed by atoms with E-state index in [-0.39, 0.29) is 6.04 Å². The van der Waals surface area contributed by atoms with E-state index in [0.717, 1.165) is 11.6 Å². The van der Waals surface area contributed by atoms with Crippen LogP contribution in [0.15, 0.2) is 35.5 Å². The molecule has 5 heteroatoms. The van der Waals surface area contributed by atoms with E-state index in [1.165, 1.54) is 10.5 Å². The van der Waals surface area contributed by atoms with E-state index in [2.05, 4.69) is 46.7 Å². The van der Waals surface area contributed by atoms with Crippen LogP contribution in [0.2, 0.25) is 0 Å². The van der Waals surface area contributed by atoms with Crippen LogP contribution < -0.4 is 5.32 Å². The Balaban J connectivity index is 1.77. The summed E-state index contributed by atoms with van der Waals surface area (Å²) in [6, 6.07) is 9.20. The molecule has 0 fully saturated rings. The van der Waals surface area contributed by atoms with Crippen molar-refractivity contribution in [3.63, 3.8) is 0 Å². The molecule has 1 aliphatic rings. The number of fused-ring (bicyclic) bond motifs is 1. The molecule has 2 atom stereocenters. The van der Waals surface area contributed by atoms with Crippen LogP contribution in [0.5, 0.6) is 0 Å². The van der Waals surface area contributed by atoms with E-state index in [1.54, 1.807) is 6.33 Å². The van der Waals surface area contributed by atoms with Gasteiger partial charge in [-0.3, -0.25) is 5.32 Å². The minimum absolute atomic E-state index is 0.203. The van der Waals surface area contributed by atoms with Crippen molar-refractivity contribution in [2.45, 2.75) is 23.9 Å². The second kappa shape index (κ2) is 4.74. The molecule has 2 unspecified atom stereocenters. The molecule has 2 aromatic rings. The molecule has 0 bridgehead atoms. The van der Waals surface area contributed by atoms with Crippen molar-refractivity contribution in [1.29, 1.82) is 0 Å². The SMILES string of the molecule is CC(NC1CSc2ccccc21)c1nncn1C. The van der Waals surface area contributed by atoms with Crippen molar-refractivity contribution in [3.05, 3.63) is 42.0 Å². The summed E-state index contributed by atoms with van der Waals surface area (Å²) >= 11 is 1.91. The van der Waals surface area contributed by atoms with Crippen LogP contribution >= 0.6 is 11.8 Å². The van der Waals surface area contributed by atoms with Gasteiger partial charge in [0.15, 0.2) is 0 Å². The van der Waals surface area contributed by atoms with E-state index < -0.39 is 0 Å². The molecule has 18 heavy (non-hydrogen) atoms. The van der Waals surface area contributed by atoms with E-state index in [4.69, 9.17) is 0 Å². The van der Waals surface area contributed by atoms with Gasteiger partial charge in [-0.25, -0.2) is 0 Å². The third-order valence-corrected chi connectivity index (χ3v) is 4.47. The summed E-state index contributed by atoms with van der Waals surface area (Å²) in [6.07, 6.45) is 1.74. The van der Waals surface area contributed by atoms with Gasteiger partial charge in [0.05, 0.1) is 6.04 Å². The lowest BCUT2D eigenvalue weighted by atomic mass is 10.1. The number of nitrogens with zero attached hydrogens (tertiary/aromatic N) is 3. The third kappa shape index (κ3) is 2.04. The van der Waals surface area contributed by atoms with Gasteiger partial charge in [-0.15, -0.1) is 22.0 Å². The summed E-state index contributed by atoms with van der Waals surface area (Å²) in [5.41, 5.74) is 1.40. The molecule has 0 saturated heterocycles. The molecule has 0 radical (unpaired) electrons. The minimum Gasteiger partial charge on any atom is -0.319 e. The molecule has 94 valence electrons. The second-order valence-corrected chi connectivity index (χ2v) is 5.65. The molecular weight excluding hydrogens is 244 g/mol. The smallest absolute Gasteiger partial charge is 0.149 e. The Morgan fingerprint density at radius 1 is 1.44 bits per heavy atom. The summed E-state index contributed by atoms with van der Waals surface area (Å²) in [5, 5.41) is 11.7. The highest BCUT2D eigenvalue weighted by molar-refractivity contribution is 7.99. The standard InChI is InChI=1S/C13H16N4S/c1-9(13-16-14-8-17(13)2)15-11-7-18-12-6-4-3-5-10(11)12/h3-6,8-9,11,15H,7H2,1-2H3. The topological polar surface area (TPSA) is 42.7 Å². The monoisotopic (exact) mass is 260 g/mol. The normalized spacial score (nSPS) is 19.8. The Kier molecular flexibility index (Phi) is 3.09. The fraction of sp³-hybridized carbons (Fsp3) is 0.385. The lowest BCUT2D eigenvalue weighted by molar-refractivity contribution is 0.471. The highest BCUT2D eigenvalue weighted by Crippen LogP contribution is 2.38. The van der Waals surface area contributed by atoms with E-state index in [9.17, 15) is 0 Å². The largest absolute Gasteiger partial charge is 0.319 e. The van der Waals surface area contributed by atoms with E-state index >= 15 is 0 Å². The van der Waals surface area contributed by atoms with Gasteiger partial charge >= 0.3 is 0 Å². The number of hydrogen-bond donors (Lipinski definition) is 1. The van der Waals surface area contributed by atoms with Gasteiger partial charge in [0, 0.05) is 23.7 Å². The molecular formula is C13H16N4S. The first kappa shape index (κ1) is 11.7. The van der Waals surface area contributed by atoms with Gasteiger partial charge < -0.3 is 4.57 Å². The minimum atomic E-state index is 0.203. The van der Waals surface area contributed by atoms with E-state index in [1.807, 2.05) is 23.4 Å². The number of benzene rings is 1. The summed E-state index contributed by atoms with van der Waals surface area (Å²) in [7, 11) is 1.98. The molecule has 0 spiro atoms. The van der Waals surface area contributed by atoms with Crippen LogP contribution in [0.3, 0.4) is 0 Å². The lowest BCUT2D eigenvalue weighted by Crippen LogP contribution is -2.26. The van der Waals surface area contributed by atoms with Crippen LogP contribution in [0.25, 0.3) is 0 Å². The molecule has 1 N–H and O–H groups in total. The van der Waals surface area contributed by atoms with Crippen LogP contribution in [0.1, 0.15) is 30.4 Å². The fourth-order valence-electron chi connectivity index (χ4n) is 2.36. The van der Waals surface area contributed by atoms with Crippen molar-refractivity contribution in [1.82, 2.24) is 20.1 Å². The maximum atomic E-state index is 4.16.